The van der Waals surface area contributed by atoms with E-state index in [0.29, 0.717) is 45.3 Å². The average molecular weight is 537 g/mol. The van der Waals surface area contributed by atoms with Crippen molar-refractivity contribution in [3.8, 4) is 0 Å². The molecule has 1 atom stereocenters. The summed E-state index contributed by atoms with van der Waals surface area (Å²) < 4.78 is 2.52. The normalized spacial score (nSPS) is 11.5. The van der Waals surface area contributed by atoms with Crippen LogP contribution in [0.1, 0.15) is 38.5 Å². The Balaban J connectivity index is 1.77. The van der Waals surface area contributed by atoms with Crippen molar-refractivity contribution in [1.29, 1.82) is 0 Å². The number of aryl methyl sites for hydroxylation is 2. The number of hydrogen-bond acceptors (Lipinski definition) is 10. The quantitative estimate of drug-likeness (QED) is 0.109. The van der Waals surface area contributed by atoms with Crippen LogP contribution in [0.4, 0.5) is 11.9 Å². The van der Waals surface area contributed by atoms with E-state index in [4.69, 9.17) is 5.73 Å². The predicted octanol–water partition coefficient (Wildman–Crippen LogP) is -0.387. The number of amides is 3. The number of carbonyl (C=O) groups is 3. The van der Waals surface area contributed by atoms with E-state index in [1.807, 2.05) is 0 Å². The molecule has 3 amide bonds. The molecule has 2 aromatic heterocycles. The lowest BCUT2D eigenvalue weighted by Crippen LogP contribution is -2.47. The van der Waals surface area contributed by atoms with E-state index in [2.05, 4.69) is 25.9 Å². The van der Waals surface area contributed by atoms with Gasteiger partial charge in [0, 0.05) is 13.1 Å². The van der Waals surface area contributed by atoms with Crippen molar-refractivity contribution in [2.75, 3.05) is 19.6 Å². The summed E-state index contributed by atoms with van der Waals surface area (Å²) in [5.74, 6) is -1.82. The highest BCUT2D eigenvalue weighted by atomic mass is 16.6. The van der Waals surface area contributed by atoms with Crippen LogP contribution in [0.15, 0.2) is 24.8 Å². The highest BCUT2D eigenvalue weighted by molar-refractivity contribution is 5.87. The van der Waals surface area contributed by atoms with Crippen LogP contribution < -0.4 is 21.7 Å². The lowest BCUT2D eigenvalue weighted by atomic mass is 10.1. The van der Waals surface area contributed by atoms with E-state index >= 15 is 0 Å². The van der Waals surface area contributed by atoms with Crippen LogP contribution in [0, 0.1) is 20.2 Å². The largest absolute Gasteiger partial charge is 0.434 e. The first-order valence-electron chi connectivity index (χ1n) is 12.1. The van der Waals surface area contributed by atoms with Crippen molar-refractivity contribution in [1.82, 2.24) is 35.1 Å². The third-order valence-corrected chi connectivity index (χ3v) is 5.45. The number of hydrogen-bond donors (Lipinski definition) is 4. The summed E-state index contributed by atoms with van der Waals surface area (Å²) >= 11 is 0. The summed E-state index contributed by atoms with van der Waals surface area (Å²) in [7, 11) is 0. The number of aromatic nitrogens is 4. The second-order valence-corrected chi connectivity index (χ2v) is 8.25. The highest BCUT2D eigenvalue weighted by Crippen LogP contribution is 2.09. The van der Waals surface area contributed by atoms with Gasteiger partial charge in [-0.25, -0.2) is 9.13 Å². The SMILES string of the molecule is NCCCNC(=O)[C@H](CCCCNC(=O)CCn1ccnc1[N+](=O)[O-])NC(=O)CCn1ccnc1[N+](=O)[O-]. The van der Waals surface area contributed by atoms with Crippen molar-refractivity contribution in [3.05, 3.63) is 45.0 Å². The van der Waals surface area contributed by atoms with Gasteiger partial charge in [0.2, 0.25) is 17.7 Å². The topological polar surface area (TPSA) is 235 Å². The number of nitrogens with two attached hydrogens (primary N) is 1. The smallest absolute Gasteiger partial charge is 0.390 e. The third kappa shape index (κ3) is 9.92. The van der Waals surface area contributed by atoms with Gasteiger partial charge in [-0.2, -0.15) is 0 Å². The van der Waals surface area contributed by atoms with Crippen LogP contribution in [-0.4, -0.2) is 72.3 Å². The summed E-state index contributed by atoms with van der Waals surface area (Å²) in [6.07, 6.45) is 7.25. The number of nitrogens with one attached hydrogen (secondary N) is 3. The van der Waals surface area contributed by atoms with Gasteiger partial charge in [-0.3, -0.25) is 14.4 Å². The maximum absolute atomic E-state index is 12.6. The van der Waals surface area contributed by atoms with Crippen LogP contribution in [0.25, 0.3) is 0 Å². The number of rotatable bonds is 18. The standard InChI is InChI=1S/C21H32N10O7/c22-7-3-9-24-19(34)16(27-18(33)6-13-29-15-11-26-21(29)31(37)38)4-1-2-8-23-17(32)5-12-28-14-10-25-20(28)30(35)36/h10-11,14-16H,1-9,12-13,22H2,(H,23,32)(H,24,34)(H,27,33)/t16-/m0/s1. The van der Waals surface area contributed by atoms with Gasteiger partial charge >= 0.3 is 11.9 Å². The van der Waals surface area contributed by atoms with Gasteiger partial charge in [0.25, 0.3) is 0 Å². The summed E-state index contributed by atoms with van der Waals surface area (Å²) in [6.45, 7) is 1.22. The molecule has 17 nitrogen and oxygen atoms in total. The zero-order valence-corrected chi connectivity index (χ0v) is 20.8. The minimum absolute atomic E-state index is 0.0257. The van der Waals surface area contributed by atoms with E-state index in [1.165, 1.54) is 33.9 Å². The molecule has 0 spiro atoms. The Labute approximate surface area is 217 Å². The molecule has 2 rings (SSSR count). The number of carbonyl (C=O) groups excluding carboxylic acids is 3. The monoisotopic (exact) mass is 536 g/mol. The minimum Gasteiger partial charge on any atom is -0.390 e. The Morgan fingerprint density at radius 1 is 0.868 bits per heavy atom. The van der Waals surface area contributed by atoms with E-state index in [-0.39, 0.29) is 49.6 Å². The molecule has 0 aliphatic carbocycles. The summed E-state index contributed by atoms with van der Waals surface area (Å²) in [4.78, 5) is 64.9. The van der Waals surface area contributed by atoms with Crippen molar-refractivity contribution in [2.24, 2.45) is 5.73 Å². The lowest BCUT2D eigenvalue weighted by molar-refractivity contribution is -0.396. The van der Waals surface area contributed by atoms with Crippen molar-refractivity contribution in [2.45, 2.75) is 57.7 Å². The van der Waals surface area contributed by atoms with Crippen LogP contribution in [0.3, 0.4) is 0 Å². The van der Waals surface area contributed by atoms with Gasteiger partial charge in [0.05, 0.1) is 25.9 Å². The average Bonchev–Trinajstić information content (AvgIpc) is 3.55. The first-order valence-corrected chi connectivity index (χ1v) is 12.1. The molecule has 0 saturated carbocycles. The first kappa shape index (κ1) is 29.8. The number of nitrogens with zero attached hydrogens (tertiary/aromatic N) is 6. The summed E-state index contributed by atoms with van der Waals surface area (Å²) in [5.41, 5.74) is 5.45. The summed E-state index contributed by atoms with van der Waals surface area (Å²) in [6, 6.07) is -0.824. The van der Waals surface area contributed by atoms with Gasteiger partial charge in [-0.15, -0.1) is 0 Å². The third-order valence-electron chi connectivity index (χ3n) is 5.45. The molecule has 2 aromatic rings. The van der Waals surface area contributed by atoms with E-state index in [1.54, 1.807) is 0 Å². The zero-order valence-electron chi connectivity index (χ0n) is 20.8. The highest BCUT2D eigenvalue weighted by Gasteiger charge is 2.21. The Bertz CT molecular complexity index is 1100. The minimum atomic E-state index is -0.824. The van der Waals surface area contributed by atoms with Gasteiger partial charge in [0.1, 0.15) is 30.8 Å². The van der Waals surface area contributed by atoms with E-state index in [0.717, 1.165) is 0 Å². The molecule has 5 N–H and O–H groups in total. The number of unbranched alkanes of at least 4 members (excludes halogenated alkanes) is 1. The molecule has 0 radical (unpaired) electrons. The van der Waals surface area contributed by atoms with Crippen molar-refractivity contribution >= 4 is 29.6 Å². The molecule has 0 aliphatic heterocycles. The molecule has 0 fully saturated rings. The fraction of sp³-hybridized carbons (Fsp3) is 0.571. The molecule has 0 aromatic carbocycles. The Morgan fingerprint density at radius 3 is 1.97 bits per heavy atom. The van der Waals surface area contributed by atoms with Gasteiger partial charge in [-0.05, 0) is 42.1 Å². The maximum atomic E-state index is 12.6. The zero-order chi connectivity index (χ0) is 27.9. The Morgan fingerprint density at radius 2 is 1.42 bits per heavy atom. The van der Waals surface area contributed by atoms with Crippen molar-refractivity contribution < 1.29 is 24.2 Å². The molecular formula is C21H32N10O7. The van der Waals surface area contributed by atoms with Gasteiger partial charge in [0.15, 0.2) is 0 Å². The number of imidazole rings is 2. The molecule has 0 aliphatic rings. The van der Waals surface area contributed by atoms with E-state index < -0.39 is 21.8 Å². The van der Waals surface area contributed by atoms with Gasteiger partial charge < -0.3 is 41.9 Å². The molecule has 208 valence electrons. The van der Waals surface area contributed by atoms with Crippen LogP contribution >= 0.6 is 0 Å². The molecule has 2 heterocycles. The second kappa shape index (κ2) is 15.6. The molecular weight excluding hydrogens is 504 g/mol. The summed E-state index contributed by atoms with van der Waals surface area (Å²) in [5, 5.41) is 30.0. The Kier molecular flexibility index (Phi) is 12.3. The van der Waals surface area contributed by atoms with E-state index in [9.17, 15) is 34.6 Å². The molecule has 0 unspecified atom stereocenters. The number of nitro groups is 2. The molecule has 38 heavy (non-hydrogen) atoms. The Hall–Kier alpha value is -4.41. The van der Waals surface area contributed by atoms with Crippen LogP contribution in [0.2, 0.25) is 0 Å². The van der Waals surface area contributed by atoms with Gasteiger partial charge in [-0.1, -0.05) is 9.97 Å². The predicted molar refractivity (Wildman–Crippen MR) is 132 cm³/mol. The molecule has 0 saturated heterocycles. The van der Waals surface area contributed by atoms with Crippen LogP contribution in [0.5, 0.6) is 0 Å². The lowest BCUT2D eigenvalue weighted by Gasteiger charge is -2.18. The second-order valence-electron chi connectivity index (χ2n) is 8.25. The van der Waals surface area contributed by atoms with Crippen LogP contribution in [-0.2, 0) is 27.5 Å². The fourth-order valence-corrected chi connectivity index (χ4v) is 3.50. The molecule has 17 heteroatoms. The molecule has 0 bridgehead atoms. The van der Waals surface area contributed by atoms with Crippen molar-refractivity contribution in [3.63, 3.8) is 0 Å². The fourth-order valence-electron chi connectivity index (χ4n) is 3.50. The first-order chi connectivity index (χ1) is 18.2. The maximum Gasteiger partial charge on any atom is 0.434 e.